The van der Waals surface area contributed by atoms with Gasteiger partial charge in [0.05, 0.1) is 13.7 Å². The van der Waals surface area contributed by atoms with Crippen molar-refractivity contribution < 1.29 is 18.7 Å². The van der Waals surface area contributed by atoms with Crippen LogP contribution in [0.4, 0.5) is 0 Å². The molecule has 1 unspecified atom stereocenters. The Morgan fingerprint density at radius 2 is 2.18 bits per heavy atom. The number of hydrogen-bond acceptors (Lipinski definition) is 7. The standard InChI is InChI=1S/C20H19N3O5/c1-26-16-7-2-5-13-11-15(20(25)28-18(13)16)19(24)23-10-4-6-14(12-23)27-17-8-3-9-21-22-17/h2-3,5,7-9,11,14H,4,6,10,12H2,1H3. The van der Waals surface area contributed by atoms with Gasteiger partial charge in [0.15, 0.2) is 11.3 Å². The lowest BCUT2D eigenvalue weighted by molar-refractivity contribution is 0.0522. The van der Waals surface area contributed by atoms with Crippen LogP contribution in [0.5, 0.6) is 11.6 Å². The molecule has 0 N–H and O–H groups in total. The van der Waals surface area contributed by atoms with E-state index in [-0.39, 0.29) is 17.6 Å². The van der Waals surface area contributed by atoms with Gasteiger partial charge in [-0.2, -0.15) is 5.10 Å². The van der Waals surface area contributed by atoms with Crippen LogP contribution in [0.2, 0.25) is 0 Å². The number of likely N-dealkylation sites (tertiary alicyclic amines) is 1. The molecule has 0 spiro atoms. The quantitative estimate of drug-likeness (QED) is 0.640. The molecule has 3 heterocycles. The van der Waals surface area contributed by atoms with Gasteiger partial charge < -0.3 is 18.8 Å². The fraction of sp³-hybridized carbons (Fsp3) is 0.300. The van der Waals surface area contributed by atoms with Gasteiger partial charge >= 0.3 is 5.63 Å². The molecule has 0 bridgehead atoms. The Kier molecular flexibility index (Phi) is 4.92. The maximum atomic E-state index is 13.0. The number of rotatable bonds is 4. The lowest BCUT2D eigenvalue weighted by Crippen LogP contribution is -2.45. The van der Waals surface area contributed by atoms with Gasteiger partial charge in [0, 0.05) is 24.2 Å². The zero-order valence-electron chi connectivity index (χ0n) is 15.3. The largest absolute Gasteiger partial charge is 0.493 e. The van der Waals surface area contributed by atoms with Crippen molar-refractivity contribution in [3.8, 4) is 11.6 Å². The summed E-state index contributed by atoms with van der Waals surface area (Å²) >= 11 is 0. The van der Waals surface area contributed by atoms with Crippen molar-refractivity contribution in [1.82, 2.24) is 15.1 Å². The molecule has 1 atom stereocenters. The van der Waals surface area contributed by atoms with E-state index in [1.807, 2.05) is 0 Å². The summed E-state index contributed by atoms with van der Waals surface area (Å²) in [4.78, 5) is 27.0. The summed E-state index contributed by atoms with van der Waals surface area (Å²) in [5.74, 6) is 0.494. The molecule has 0 aliphatic carbocycles. The number of nitrogens with zero attached hydrogens (tertiary/aromatic N) is 3. The van der Waals surface area contributed by atoms with E-state index in [4.69, 9.17) is 13.9 Å². The van der Waals surface area contributed by atoms with Crippen molar-refractivity contribution in [1.29, 1.82) is 0 Å². The highest BCUT2D eigenvalue weighted by Crippen LogP contribution is 2.25. The predicted octanol–water partition coefficient (Wildman–Crippen LogP) is 2.28. The number of hydrogen-bond donors (Lipinski definition) is 0. The van der Waals surface area contributed by atoms with Crippen LogP contribution in [0.1, 0.15) is 23.2 Å². The Morgan fingerprint density at radius 1 is 1.29 bits per heavy atom. The van der Waals surface area contributed by atoms with Crippen molar-refractivity contribution in [2.45, 2.75) is 18.9 Å². The number of carbonyl (C=O) groups excluding carboxylic acids is 1. The number of amides is 1. The Morgan fingerprint density at radius 3 is 2.96 bits per heavy atom. The minimum Gasteiger partial charge on any atom is -0.493 e. The van der Waals surface area contributed by atoms with E-state index in [0.717, 1.165) is 12.8 Å². The lowest BCUT2D eigenvalue weighted by atomic mass is 10.1. The summed E-state index contributed by atoms with van der Waals surface area (Å²) < 4.78 is 16.4. The minimum atomic E-state index is -0.682. The molecule has 1 aromatic carbocycles. The van der Waals surface area contributed by atoms with E-state index < -0.39 is 5.63 Å². The number of methoxy groups -OCH3 is 1. The first-order chi connectivity index (χ1) is 13.7. The van der Waals surface area contributed by atoms with E-state index >= 15 is 0 Å². The maximum Gasteiger partial charge on any atom is 0.349 e. The summed E-state index contributed by atoms with van der Waals surface area (Å²) in [6.07, 6.45) is 2.92. The molecule has 4 rings (SSSR count). The first-order valence-corrected chi connectivity index (χ1v) is 9.00. The van der Waals surface area contributed by atoms with Crippen LogP contribution in [0.15, 0.2) is 51.8 Å². The first kappa shape index (κ1) is 18.0. The van der Waals surface area contributed by atoms with Gasteiger partial charge in [-0.3, -0.25) is 4.79 Å². The SMILES string of the molecule is COc1cccc2cc(C(=O)N3CCCC(Oc4cccnn4)C3)c(=O)oc12. The number of piperidine rings is 1. The van der Waals surface area contributed by atoms with Crippen LogP contribution in [0.3, 0.4) is 0 Å². The highest BCUT2D eigenvalue weighted by atomic mass is 16.5. The molecule has 3 aromatic rings. The van der Waals surface area contributed by atoms with E-state index in [1.165, 1.54) is 7.11 Å². The number of fused-ring (bicyclic) bond motifs is 1. The maximum absolute atomic E-state index is 13.0. The Labute approximate surface area is 160 Å². The molecule has 2 aromatic heterocycles. The third-order valence-corrected chi connectivity index (χ3v) is 4.67. The monoisotopic (exact) mass is 381 g/mol. The molecule has 1 fully saturated rings. The van der Waals surface area contributed by atoms with Crippen LogP contribution >= 0.6 is 0 Å². The molecule has 0 saturated carbocycles. The van der Waals surface area contributed by atoms with Gasteiger partial charge in [-0.15, -0.1) is 5.10 Å². The Hall–Kier alpha value is -3.42. The molecular formula is C20H19N3O5. The van der Waals surface area contributed by atoms with Crippen LogP contribution < -0.4 is 15.1 Å². The van der Waals surface area contributed by atoms with E-state index in [9.17, 15) is 9.59 Å². The molecule has 8 heteroatoms. The predicted molar refractivity (Wildman–Crippen MR) is 101 cm³/mol. The third-order valence-electron chi connectivity index (χ3n) is 4.67. The molecule has 1 aliphatic rings. The molecule has 1 saturated heterocycles. The van der Waals surface area contributed by atoms with Gasteiger partial charge in [0.2, 0.25) is 5.88 Å². The number of ether oxygens (including phenoxy) is 2. The lowest BCUT2D eigenvalue weighted by Gasteiger charge is -2.32. The van der Waals surface area contributed by atoms with Crippen LogP contribution in [-0.4, -0.2) is 47.3 Å². The summed E-state index contributed by atoms with van der Waals surface area (Å²) in [6.45, 7) is 0.916. The molecule has 8 nitrogen and oxygen atoms in total. The zero-order valence-corrected chi connectivity index (χ0v) is 15.3. The van der Waals surface area contributed by atoms with Gasteiger partial charge in [-0.05, 0) is 31.0 Å². The topological polar surface area (TPSA) is 94.8 Å². The summed E-state index contributed by atoms with van der Waals surface area (Å²) in [7, 11) is 1.50. The van der Waals surface area contributed by atoms with Crippen molar-refractivity contribution in [3.05, 3.63) is 58.6 Å². The Balaban J connectivity index is 1.57. The van der Waals surface area contributed by atoms with Crippen molar-refractivity contribution >= 4 is 16.9 Å². The number of carbonyl (C=O) groups is 1. The fourth-order valence-corrected chi connectivity index (χ4v) is 3.34. The van der Waals surface area contributed by atoms with Crippen molar-refractivity contribution in [2.75, 3.05) is 20.2 Å². The second kappa shape index (κ2) is 7.67. The third kappa shape index (κ3) is 3.53. The van der Waals surface area contributed by atoms with Gasteiger partial charge in [-0.25, -0.2) is 4.79 Å². The smallest absolute Gasteiger partial charge is 0.349 e. The molecule has 144 valence electrons. The molecule has 1 aliphatic heterocycles. The first-order valence-electron chi connectivity index (χ1n) is 9.00. The number of aromatic nitrogens is 2. The molecular weight excluding hydrogens is 362 g/mol. The van der Waals surface area contributed by atoms with E-state index in [1.54, 1.807) is 47.5 Å². The number of benzene rings is 1. The summed E-state index contributed by atoms with van der Waals surface area (Å²) in [5, 5.41) is 8.33. The Bertz CT molecular complexity index is 1050. The van der Waals surface area contributed by atoms with Gasteiger partial charge in [-0.1, -0.05) is 12.1 Å². The normalized spacial score (nSPS) is 16.8. The van der Waals surface area contributed by atoms with Gasteiger partial charge in [0.25, 0.3) is 5.91 Å². The minimum absolute atomic E-state index is 0.000839. The zero-order chi connectivity index (χ0) is 19.5. The van der Waals surface area contributed by atoms with Crippen LogP contribution in [0, 0.1) is 0 Å². The van der Waals surface area contributed by atoms with E-state index in [2.05, 4.69) is 10.2 Å². The highest BCUT2D eigenvalue weighted by Gasteiger charge is 2.28. The average molecular weight is 381 g/mol. The second-order valence-corrected chi connectivity index (χ2v) is 6.52. The van der Waals surface area contributed by atoms with Crippen LogP contribution in [-0.2, 0) is 0 Å². The fourth-order valence-electron chi connectivity index (χ4n) is 3.34. The van der Waals surface area contributed by atoms with Crippen LogP contribution in [0.25, 0.3) is 11.0 Å². The van der Waals surface area contributed by atoms with Gasteiger partial charge in [0.1, 0.15) is 11.7 Å². The summed E-state index contributed by atoms with van der Waals surface area (Å²) in [5.41, 5.74) is -0.353. The van der Waals surface area contributed by atoms with Crippen molar-refractivity contribution in [2.24, 2.45) is 0 Å². The summed E-state index contributed by atoms with van der Waals surface area (Å²) in [6, 6.07) is 10.3. The van der Waals surface area contributed by atoms with E-state index in [0.29, 0.717) is 35.7 Å². The molecule has 0 radical (unpaired) electrons. The highest BCUT2D eigenvalue weighted by molar-refractivity contribution is 5.97. The molecule has 28 heavy (non-hydrogen) atoms. The molecule has 1 amide bonds. The van der Waals surface area contributed by atoms with Crippen molar-refractivity contribution in [3.63, 3.8) is 0 Å². The average Bonchev–Trinajstić information content (AvgIpc) is 2.73. The number of para-hydroxylation sites is 1. The second-order valence-electron chi connectivity index (χ2n) is 6.52.